The van der Waals surface area contributed by atoms with Gasteiger partial charge in [-0.25, -0.2) is 4.98 Å². The second kappa shape index (κ2) is 5.36. The Morgan fingerprint density at radius 1 is 1.50 bits per heavy atom. The van der Waals surface area contributed by atoms with Crippen LogP contribution in [0.2, 0.25) is 0 Å². The topological polar surface area (TPSA) is 99.0 Å². The minimum atomic E-state index is -0.287. The highest BCUT2D eigenvalue weighted by molar-refractivity contribution is 5.76. The van der Waals surface area contributed by atoms with Crippen LogP contribution in [-0.2, 0) is 11.3 Å². The summed E-state index contributed by atoms with van der Waals surface area (Å²) < 4.78 is 6.97. The van der Waals surface area contributed by atoms with Gasteiger partial charge in [0, 0.05) is 0 Å². The van der Waals surface area contributed by atoms with E-state index in [0.717, 1.165) is 11.4 Å². The molecule has 0 fully saturated rings. The molecule has 2 aromatic rings. The number of anilines is 1. The number of rotatable bonds is 4. The van der Waals surface area contributed by atoms with Crippen molar-refractivity contribution in [1.82, 2.24) is 20.1 Å². The summed E-state index contributed by atoms with van der Waals surface area (Å²) >= 11 is 0. The van der Waals surface area contributed by atoms with Crippen LogP contribution in [-0.4, -0.2) is 20.7 Å². The van der Waals surface area contributed by atoms with E-state index in [2.05, 4.69) is 15.4 Å². The van der Waals surface area contributed by atoms with E-state index in [-0.39, 0.29) is 18.5 Å². The number of hydrogen-bond acceptors (Lipinski definition) is 5. The fourth-order valence-electron chi connectivity index (χ4n) is 1.92. The van der Waals surface area contributed by atoms with Crippen LogP contribution < -0.4 is 11.1 Å². The first-order valence-electron chi connectivity index (χ1n) is 6.39. The molecular weight excluding hydrogens is 258 g/mol. The van der Waals surface area contributed by atoms with Crippen LogP contribution >= 0.6 is 0 Å². The Hall–Kier alpha value is -2.31. The monoisotopic (exact) mass is 277 g/mol. The number of hydrogen-bond donors (Lipinski definition) is 2. The third kappa shape index (κ3) is 2.81. The quantitative estimate of drug-likeness (QED) is 0.876. The smallest absolute Gasteiger partial charge is 0.242 e. The molecule has 0 saturated heterocycles. The van der Waals surface area contributed by atoms with Crippen LogP contribution in [0.4, 0.5) is 5.69 Å². The summed E-state index contributed by atoms with van der Waals surface area (Å²) in [6.45, 7) is 7.40. The number of nitrogens with zero attached hydrogens (tertiary/aromatic N) is 3. The number of amides is 1. The van der Waals surface area contributed by atoms with Crippen LogP contribution in [0.1, 0.15) is 36.0 Å². The first-order chi connectivity index (χ1) is 9.38. The lowest BCUT2D eigenvalue weighted by atomic mass is 10.3. The standard InChI is InChI=1S/C13H19N5O2/c1-7-5-15-13(20-7)9(3)16-11(19)6-18-10(4)12(14)8(2)17-18/h5,9H,6,14H2,1-4H3,(H,16,19). The molecule has 0 aliphatic carbocycles. The second-order valence-corrected chi connectivity index (χ2v) is 4.84. The van der Waals surface area contributed by atoms with Gasteiger partial charge in [0.05, 0.1) is 23.3 Å². The lowest BCUT2D eigenvalue weighted by Gasteiger charge is -2.11. The average molecular weight is 277 g/mol. The van der Waals surface area contributed by atoms with E-state index in [1.165, 1.54) is 0 Å². The van der Waals surface area contributed by atoms with Crippen molar-refractivity contribution < 1.29 is 9.21 Å². The zero-order chi connectivity index (χ0) is 14.9. The lowest BCUT2D eigenvalue weighted by molar-refractivity contribution is -0.122. The molecule has 1 atom stereocenters. The van der Waals surface area contributed by atoms with Crippen LogP contribution in [0, 0.1) is 20.8 Å². The maximum Gasteiger partial charge on any atom is 0.242 e. The molecule has 7 nitrogen and oxygen atoms in total. The first kappa shape index (κ1) is 14.1. The number of oxazole rings is 1. The maximum atomic E-state index is 12.0. The average Bonchev–Trinajstić information content (AvgIpc) is 2.90. The molecule has 1 amide bonds. The van der Waals surface area contributed by atoms with E-state index in [4.69, 9.17) is 10.2 Å². The van der Waals surface area contributed by atoms with E-state index in [0.29, 0.717) is 17.3 Å². The van der Waals surface area contributed by atoms with Gasteiger partial charge in [0.2, 0.25) is 11.8 Å². The van der Waals surface area contributed by atoms with Gasteiger partial charge in [0.1, 0.15) is 18.3 Å². The Labute approximate surface area is 117 Å². The molecule has 0 radical (unpaired) electrons. The summed E-state index contributed by atoms with van der Waals surface area (Å²) in [5, 5.41) is 7.04. The number of nitrogen functional groups attached to an aromatic ring is 1. The van der Waals surface area contributed by atoms with Crippen molar-refractivity contribution in [2.45, 2.75) is 40.3 Å². The number of nitrogens with two attached hydrogens (primary N) is 1. The molecule has 0 saturated carbocycles. The van der Waals surface area contributed by atoms with Gasteiger partial charge in [0.25, 0.3) is 0 Å². The Morgan fingerprint density at radius 2 is 2.20 bits per heavy atom. The number of carbonyl (C=O) groups is 1. The molecular formula is C13H19N5O2. The zero-order valence-corrected chi connectivity index (χ0v) is 12.1. The predicted molar refractivity (Wildman–Crippen MR) is 73.9 cm³/mol. The zero-order valence-electron chi connectivity index (χ0n) is 12.1. The third-order valence-electron chi connectivity index (χ3n) is 3.12. The van der Waals surface area contributed by atoms with Gasteiger partial charge < -0.3 is 15.5 Å². The number of aromatic nitrogens is 3. The molecule has 0 bridgehead atoms. The Bertz CT molecular complexity index is 629. The second-order valence-electron chi connectivity index (χ2n) is 4.84. The first-order valence-corrected chi connectivity index (χ1v) is 6.39. The molecule has 2 aromatic heterocycles. The van der Waals surface area contributed by atoms with Crippen LogP contribution in [0.3, 0.4) is 0 Å². The van der Waals surface area contributed by atoms with Crippen molar-refractivity contribution in [3.05, 3.63) is 29.2 Å². The molecule has 2 rings (SSSR count). The molecule has 3 N–H and O–H groups in total. The summed E-state index contributed by atoms with van der Waals surface area (Å²) in [6.07, 6.45) is 1.62. The van der Waals surface area contributed by atoms with Gasteiger partial charge in [-0.2, -0.15) is 5.10 Å². The molecule has 7 heteroatoms. The fraction of sp³-hybridized carbons (Fsp3) is 0.462. The van der Waals surface area contributed by atoms with Gasteiger partial charge in [-0.15, -0.1) is 0 Å². The van der Waals surface area contributed by atoms with Crippen molar-refractivity contribution in [3.63, 3.8) is 0 Å². The maximum absolute atomic E-state index is 12.0. The highest BCUT2D eigenvalue weighted by Gasteiger charge is 2.16. The molecule has 1 unspecified atom stereocenters. The van der Waals surface area contributed by atoms with Crippen molar-refractivity contribution in [2.24, 2.45) is 0 Å². The van der Waals surface area contributed by atoms with E-state index in [1.807, 2.05) is 27.7 Å². The molecule has 108 valence electrons. The van der Waals surface area contributed by atoms with E-state index >= 15 is 0 Å². The lowest BCUT2D eigenvalue weighted by Crippen LogP contribution is -2.31. The Kier molecular flexibility index (Phi) is 3.78. The minimum Gasteiger partial charge on any atom is -0.444 e. The van der Waals surface area contributed by atoms with Gasteiger partial charge in [0.15, 0.2) is 0 Å². The highest BCUT2D eigenvalue weighted by atomic mass is 16.4. The molecule has 0 aliphatic rings. The summed E-state index contributed by atoms with van der Waals surface area (Å²) in [6, 6.07) is -0.287. The normalized spacial score (nSPS) is 12.4. The van der Waals surface area contributed by atoms with Crippen LogP contribution in [0.5, 0.6) is 0 Å². The van der Waals surface area contributed by atoms with Crippen LogP contribution in [0.25, 0.3) is 0 Å². The fourth-order valence-corrected chi connectivity index (χ4v) is 1.92. The van der Waals surface area contributed by atoms with Gasteiger partial charge in [-0.1, -0.05) is 0 Å². The van der Waals surface area contributed by atoms with Crippen LogP contribution in [0.15, 0.2) is 10.6 Å². The Balaban J connectivity index is 2.00. The molecule has 0 aromatic carbocycles. The highest BCUT2D eigenvalue weighted by Crippen LogP contribution is 2.15. The van der Waals surface area contributed by atoms with E-state index < -0.39 is 0 Å². The number of carbonyl (C=O) groups excluding carboxylic acids is 1. The summed E-state index contributed by atoms with van der Waals surface area (Å²) in [4.78, 5) is 16.1. The van der Waals surface area contributed by atoms with Crippen molar-refractivity contribution in [2.75, 3.05) is 5.73 Å². The van der Waals surface area contributed by atoms with E-state index in [1.54, 1.807) is 10.9 Å². The van der Waals surface area contributed by atoms with Crippen molar-refractivity contribution in [1.29, 1.82) is 0 Å². The van der Waals surface area contributed by atoms with Gasteiger partial charge in [-0.05, 0) is 27.7 Å². The van der Waals surface area contributed by atoms with Gasteiger partial charge >= 0.3 is 0 Å². The SMILES string of the molecule is Cc1cnc(C(C)NC(=O)Cn2nc(C)c(N)c2C)o1. The summed E-state index contributed by atoms with van der Waals surface area (Å²) in [7, 11) is 0. The molecule has 2 heterocycles. The number of nitrogens with one attached hydrogen (secondary N) is 1. The summed E-state index contributed by atoms with van der Waals surface area (Å²) in [5.41, 5.74) is 7.97. The van der Waals surface area contributed by atoms with Gasteiger partial charge in [-0.3, -0.25) is 9.48 Å². The predicted octanol–water partition coefficient (Wildman–Crippen LogP) is 1.26. The van der Waals surface area contributed by atoms with Crippen molar-refractivity contribution >= 4 is 11.6 Å². The third-order valence-corrected chi connectivity index (χ3v) is 3.12. The molecule has 0 aliphatic heterocycles. The number of aryl methyl sites for hydroxylation is 2. The summed E-state index contributed by atoms with van der Waals surface area (Å²) in [5.74, 6) is 1.04. The van der Waals surface area contributed by atoms with Crippen molar-refractivity contribution in [3.8, 4) is 0 Å². The van der Waals surface area contributed by atoms with E-state index in [9.17, 15) is 4.79 Å². The Morgan fingerprint density at radius 3 is 2.70 bits per heavy atom. The molecule has 0 spiro atoms. The largest absolute Gasteiger partial charge is 0.444 e. The minimum absolute atomic E-state index is 0.119. The molecule has 20 heavy (non-hydrogen) atoms.